The molecule has 1 atom stereocenters. The molecule has 2 aromatic heterocycles. The summed E-state index contributed by atoms with van der Waals surface area (Å²) in [6.07, 6.45) is 7.51. The molecule has 0 N–H and O–H groups in total. The van der Waals surface area contributed by atoms with E-state index in [1.54, 1.807) is 6.33 Å². The normalized spacial score (nSPS) is 21.3. The Bertz CT molecular complexity index is 874. The van der Waals surface area contributed by atoms with Gasteiger partial charge < -0.3 is 9.64 Å². The lowest BCUT2D eigenvalue weighted by atomic mass is 9.95. The lowest BCUT2D eigenvalue weighted by molar-refractivity contribution is -0.143. The molecule has 0 aliphatic carbocycles. The number of anilines is 1. The fraction of sp³-hybridized carbons (Fsp3) is 0.727. The number of hydrogen-bond acceptors (Lipinski definition) is 7. The highest BCUT2D eigenvalue weighted by Crippen LogP contribution is 2.30. The molecule has 0 radical (unpaired) electrons. The van der Waals surface area contributed by atoms with E-state index in [4.69, 9.17) is 4.74 Å². The lowest BCUT2D eigenvalue weighted by Crippen LogP contribution is -2.48. The maximum Gasteiger partial charge on any atom is 0.306 e. The summed E-state index contributed by atoms with van der Waals surface area (Å²) < 4.78 is 6.98. The summed E-state index contributed by atoms with van der Waals surface area (Å²) in [7, 11) is 0. The van der Waals surface area contributed by atoms with Crippen LogP contribution in [0.1, 0.15) is 57.2 Å². The molecule has 0 spiro atoms. The van der Waals surface area contributed by atoms with Crippen LogP contribution in [0.4, 0.5) is 5.82 Å². The number of rotatable bonds is 6. The number of esters is 1. The molecule has 2 aromatic rings. The van der Waals surface area contributed by atoms with Crippen molar-refractivity contribution in [3.63, 3.8) is 0 Å². The lowest BCUT2D eigenvalue weighted by Gasteiger charge is -2.42. The molecule has 0 aromatic carbocycles. The Balaban J connectivity index is 1.53. The molecule has 2 aliphatic heterocycles. The molecule has 2 saturated heterocycles. The van der Waals surface area contributed by atoms with E-state index >= 15 is 0 Å². The third kappa shape index (κ3) is 4.43. The summed E-state index contributed by atoms with van der Waals surface area (Å²) in [6, 6.07) is 0.668. The third-order valence-corrected chi connectivity index (χ3v) is 6.56. The highest BCUT2D eigenvalue weighted by atomic mass is 16.5. The number of ether oxygens (including phenoxy) is 1. The maximum absolute atomic E-state index is 12.0. The Morgan fingerprint density at radius 3 is 2.77 bits per heavy atom. The van der Waals surface area contributed by atoms with Crippen LogP contribution in [0.2, 0.25) is 0 Å². The van der Waals surface area contributed by atoms with Gasteiger partial charge in [-0.2, -0.15) is 14.6 Å². The number of aromatic nitrogens is 4. The Morgan fingerprint density at radius 2 is 2.03 bits per heavy atom. The maximum atomic E-state index is 12.0. The highest BCUT2D eigenvalue weighted by molar-refractivity contribution is 5.70. The van der Waals surface area contributed by atoms with Gasteiger partial charge in [0.2, 0.25) is 0 Å². The minimum absolute atomic E-state index is 0.167. The predicted octanol–water partition coefficient (Wildman–Crippen LogP) is 2.63. The van der Waals surface area contributed by atoms with E-state index in [9.17, 15) is 4.79 Å². The standard InChI is InChI=1S/C22H34N6O2/c1-4-30-20(29)8-7-19-17(3)25-22-23-15-24-28(22)21(19)26-12-9-18(10-13-26)27-11-5-6-16(2)14-27/h15-16,18H,4-14H2,1-3H3. The first kappa shape index (κ1) is 21.0. The van der Waals surface area contributed by atoms with Crippen molar-refractivity contribution < 1.29 is 9.53 Å². The molecular formula is C22H34N6O2. The molecule has 1 unspecified atom stereocenters. The zero-order chi connectivity index (χ0) is 21.1. The van der Waals surface area contributed by atoms with Crippen molar-refractivity contribution in [1.29, 1.82) is 0 Å². The van der Waals surface area contributed by atoms with Gasteiger partial charge in [-0.25, -0.2) is 4.98 Å². The average Bonchev–Trinajstić information content (AvgIpc) is 3.20. The van der Waals surface area contributed by atoms with E-state index in [1.807, 2.05) is 18.4 Å². The highest BCUT2D eigenvalue weighted by Gasteiger charge is 2.30. The topological polar surface area (TPSA) is 75.9 Å². The molecule has 8 heteroatoms. The van der Waals surface area contributed by atoms with Crippen LogP contribution in [0.15, 0.2) is 6.33 Å². The summed E-state index contributed by atoms with van der Waals surface area (Å²) in [5, 5.41) is 4.45. The van der Waals surface area contributed by atoms with Crippen molar-refractivity contribution in [3.05, 3.63) is 17.6 Å². The minimum Gasteiger partial charge on any atom is -0.466 e. The number of nitrogens with zero attached hydrogens (tertiary/aromatic N) is 6. The predicted molar refractivity (Wildman–Crippen MR) is 116 cm³/mol. The molecule has 4 heterocycles. The van der Waals surface area contributed by atoms with E-state index < -0.39 is 0 Å². The first-order chi connectivity index (χ1) is 14.6. The van der Waals surface area contributed by atoms with Crippen LogP contribution in [0.25, 0.3) is 5.78 Å². The summed E-state index contributed by atoms with van der Waals surface area (Å²) in [5.74, 6) is 2.31. The van der Waals surface area contributed by atoms with Crippen molar-refractivity contribution in [3.8, 4) is 0 Å². The monoisotopic (exact) mass is 414 g/mol. The fourth-order valence-corrected chi connectivity index (χ4v) is 5.05. The summed E-state index contributed by atoms with van der Waals surface area (Å²) in [5.41, 5.74) is 1.99. The SMILES string of the molecule is CCOC(=O)CCc1c(C)nc2ncnn2c1N1CCC(N2CCCC(C)C2)CC1. The molecule has 2 aliphatic rings. The molecule has 8 nitrogen and oxygen atoms in total. The second-order valence-electron chi connectivity index (χ2n) is 8.74. The van der Waals surface area contributed by atoms with Gasteiger partial charge in [-0.15, -0.1) is 0 Å². The number of aryl methyl sites for hydroxylation is 1. The van der Waals surface area contributed by atoms with E-state index in [2.05, 4.69) is 31.8 Å². The second-order valence-corrected chi connectivity index (χ2v) is 8.74. The quantitative estimate of drug-likeness (QED) is 0.673. The van der Waals surface area contributed by atoms with Crippen molar-refractivity contribution in [1.82, 2.24) is 24.5 Å². The molecule has 2 fully saturated rings. The van der Waals surface area contributed by atoms with Crippen molar-refractivity contribution in [2.45, 2.75) is 65.3 Å². The smallest absolute Gasteiger partial charge is 0.306 e. The van der Waals surface area contributed by atoms with Gasteiger partial charge in [0.1, 0.15) is 12.1 Å². The van der Waals surface area contributed by atoms with Gasteiger partial charge in [-0.05, 0) is 58.4 Å². The molecule has 0 amide bonds. The summed E-state index contributed by atoms with van der Waals surface area (Å²) in [6.45, 7) is 11.1. The van der Waals surface area contributed by atoms with E-state index in [0.717, 1.165) is 48.9 Å². The van der Waals surface area contributed by atoms with Crippen molar-refractivity contribution >= 4 is 17.6 Å². The van der Waals surface area contributed by atoms with Gasteiger partial charge in [0.25, 0.3) is 5.78 Å². The first-order valence-corrected chi connectivity index (χ1v) is 11.4. The van der Waals surface area contributed by atoms with Crippen LogP contribution < -0.4 is 4.90 Å². The number of carbonyl (C=O) groups is 1. The zero-order valence-electron chi connectivity index (χ0n) is 18.5. The van der Waals surface area contributed by atoms with E-state index in [1.165, 1.54) is 25.9 Å². The summed E-state index contributed by atoms with van der Waals surface area (Å²) in [4.78, 5) is 26.0. The number of likely N-dealkylation sites (tertiary alicyclic amines) is 1. The number of fused-ring (bicyclic) bond motifs is 1. The van der Waals surface area contributed by atoms with Crippen LogP contribution in [0, 0.1) is 12.8 Å². The van der Waals surface area contributed by atoms with Crippen molar-refractivity contribution in [2.75, 3.05) is 37.7 Å². The minimum atomic E-state index is -0.167. The van der Waals surface area contributed by atoms with Crippen LogP contribution in [0.3, 0.4) is 0 Å². The Morgan fingerprint density at radius 1 is 1.23 bits per heavy atom. The largest absolute Gasteiger partial charge is 0.466 e. The van der Waals surface area contributed by atoms with Gasteiger partial charge >= 0.3 is 5.97 Å². The van der Waals surface area contributed by atoms with Gasteiger partial charge in [-0.1, -0.05) is 6.92 Å². The first-order valence-electron chi connectivity index (χ1n) is 11.4. The Kier molecular flexibility index (Phi) is 6.51. The van der Waals surface area contributed by atoms with Gasteiger partial charge in [-0.3, -0.25) is 9.69 Å². The number of hydrogen-bond donors (Lipinski definition) is 0. The van der Waals surface area contributed by atoms with E-state index in [0.29, 0.717) is 31.3 Å². The van der Waals surface area contributed by atoms with Crippen molar-refractivity contribution in [2.24, 2.45) is 5.92 Å². The van der Waals surface area contributed by atoms with Crippen LogP contribution >= 0.6 is 0 Å². The average molecular weight is 415 g/mol. The van der Waals surface area contributed by atoms with E-state index in [-0.39, 0.29) is 5.97 Å². The van der Waals surface area contributed by atoms with Crippen LogP contribution in [-0.2, 0) is 16.0 Å². The van der Waals surface area contributed by atoms with Crippen LogP contribution in [-0.4, -0.2) is 69.3 Å². The van der Waals surface area contributed by atoms with Gasteiger partial charge in [0.15, 0.2) is 0 Å². The molecule has 0 bridgehead atoms. The Hall–Kier alpha value is -2.22. The molecule has 30 heavy (non-hydrogen) atoms. The van der Waals surface area contributed by atoms with Gasteiger partial charge in [0.05, 0.1) is 6.61 Å². The molecular weight excluding hydrogens is 380 g/mol. The van der Waals surface area contributed by atoms with Crippen LogP contribution in [0.5, 0.6) is 0 Å². The second kappa shape index (κ2) is 9.29. The fourth-order valence-electron chi connectivity index (χ4n) is 5.05. The number of carbonyl (C=O) groups excluding carboxylic acids is 1. The van der Waals surface area contributed by atoms with Gasteiger partial charge in [0, 0.05) is 43.4 Å². The summed E-state index contributed by atoms with van der Waals surface area (Å²) >= 11 is 0. The molecule has 164 valence electrons. The Labute approximate surface area is 178 Å². The molecule has 0 saturated carbocycles. The zero-order valence-corrected chi connectivity index (χ0v) is 18.5. The third-order valence-electron chi connectivity index (χ3n) is 6.56. The molecule has 4 rings (SSSR count). The number of piperidine rings is 2.